The molecule has 1 N–H and O–H groups in total. The molecule has 0 bridgehead atoms. The third-order valence-electron chi connectivity index (χ3n) is 3.43. The standard InChI is InChI=1S/C16H17N3O/c1-16(2,3)11-8-9-14(17-10-11)19-13-7-5-4-6-12(13)18-15(19)20/h4-10H,1-3H3,(H,18,20). The Morgan fingerprint density at radius 2 is 1.85 bits per heavy atom. The molecular formula is C16H17N3O. The van der Waals surface area contributed by atoms with Crippen LogP contribution in [0.5, 0.6) is 0 Å². The summed E-state index contributed by atoms with van der Waals surface area (Å²) in [6.45, 7) is 6.42. The number of nitrogens with zero attached hydrogens (tertiary/aromatic N) is 2. The monoisotopic (exact) mass is 267 g/mol. The van der Waals surface area contributed by atoms with E-state index in [1.54, 1.807) is 4.57 Å². The second kappa shape index (κ2) is 4.34. The molecule has 0 radical (unpaired) electrons. The van der Waals surface area contributed by atoms with Crippen molar-refractivity contribution in [2.75, 3.05) is 0 Å². The number of imidazole rings is 1. The first-order chi connectivity index (χ1) is 9.47. The number of benzene rings is 1. The first kappa shape index (κ1) is 12.7. The van der Waals surface area contributed by atoms with E-state index in [1.165, 1.54) is 0 Å². The van der Waals surface area contributed by atoms with Crippen LogP contribution in [0.2, 0.25) is 0 Å². The lowest BCUT2D eigenvalue weighted by molar-refractivity contribution is 0.587. The molecule has 4 heteroatoms. The highest BCUT2D eigenvalue weighted by Gasteiger charge is 2.15. The van der Waals surface area contributed by atoms with Crippen molar-refractivity contribution in [2.24, 2.45) is 0 Å². The molecule has 4 nitrogen and oxygen atoms in total. The van der Waals surface area contributed by atoms with Crippen LogP contribution in [0.4, 0.5) is 0 Å². The maximum atomic E-state index is 12.1. The van der Waals surface area contributed by atoms with E-state index in [9.17, 15) is 4.79 Å². The highest BCUT2D eigenvalue weighted by molar-refractivity contribution is 5.76. The van der Waals surface area contributed by atoms with Crippen LogP contribution in [0.1, 0.15) is 26.3 Å². The number of hydrogen-bond donors (Lipinski definition) is 1. The molecule has 2 heterocycles. The van der Waals surface area contributed by atoms with Gasteiger partial charge in [0.15, 0.2) is 0 Å². The number of para-hydroxylation sites is 2. The Bertz CT molecular complexity index is 804. The molecule has 0 fully saturated rings. The van der Waals surface area contributed by atoms with Crippen molar-refractivity contribution in [3.8, 4) is 5.82 Å². The zero-order valence-electron chi connectivity index (χ0n) is 11.8. The molecule has 102 valence electrons. The van der Waals surface area contributed by atoms with Gasteiger partial charge in [-0.3, -0.25) is 0 Å². The summed E-state index contributed by atoms with van der Waals surface area (Å²) in [5, 5.41) is 0. The summed E-state index contributed by atoms with van der Waals surface area (Å²) in [6, 6.07) is 11.5. The second-order valence-electron chi connectivity index (χ2n) is 5.94. The molecule has 0 saturated heterocycles. The minimum atomic E-state index is -0.165. The zero-order valence-corrected chi connectivity index (χ0v) is 11.8. The van der Waals surface area contributed by atoms with Crippen LogP contribution >= 0.6 is 0 Å². The van der Waals surface area contributed by atoms with Crippen LogP contribution in [0.3, 0.4) is 0 Å². The van der Waals surface area contributed by atoms with Gasteiger partial charge in [0.25, 0.3) is 0 Å². The third kappa shape index (κ3) is 2.03. The lowest BCUT2D eigenvalue weighted by Crippen LogP contribution is -2.17. The Morgan fingerprint density at radius 3 is 2.50 bits per heavy atom. The summed E-state index contributed by atoms with van der Waals surface area (Å²) < 4.78 is 1.60. The molecule has 1 aromatic carbocycles. The SMILES string of the molecule is CC(C)(C)c1ccc(-n2c(=O)[nH]c3ccccc32)nc1. The molecule has 3 rings (SSSR count). The molecule has 0 atom stereocenters. The summed E-state index contributed by atoms with van der Waals surface area (Å²) in [5.41, 5.74) is 2.69. The van der Waals surface area contributed by atoms with Gasteiger partial charge in [-0.15, -0.1) is 0 Å². The van der Waals surface area contributed by atoms with Crippen molar-refractivity contribution in [2.45, 2.75) is 26.2 Å². The van der Waals surface area contributed by atoms with Crippen molar-refractivity contribution >= 4 is 11.0 Å². The van der Waals surface area contributed by atoms with Gasteiger partial charge in [-0.1, -0.05) is 39.0 Å². The van der Waals surface area contributed by atoms with Crippen molar-refractivity contribution in [3.63, 3.8) is 0 Å². The summed E-state index contributed by atoms with van der Waals surface area (Å²) in [6.07, 6.45) is 1.84. The maximum Gasteiger partial charge on any atom is 0.332 e. The van der Waals surface area contributed by atoms with Crippen LogP contribution in [-0.4, -0.2) is 14.5 Å². The van der Waals surface area contributed by atoms with Gasteiger partial charge in [-0.05, 0) is 29.2 Å². The van der Waals surface area contributed by atoms with E-state index in [2.05, 4.69) is 30.7 Å². The van der Waals surface area contributed by atoms with E-state index >= 15 is 0 Å². The van der Waals surface area contributed by atoms with E-state index in [-0.39, 0.29) is 11.1 Å². The quantitative estimate of drug-likeness (QED) is 0.736. The van der Waals surface area contributed by atoms with Crippen LogP contribution < -0.4 is 5.69 Å². The summed E-state index contributed by atoms with van der Waals surface area (Å²) in [4.78, 5) is 19.4. The van der Waals surface area contributed by atoms with Crippen molar-refractivity contribution < 1.29 is 0 Å². The number of pyridine rings is 1. The van der Waals surface area contributed by atoms with Gasteiger partial charge < -0.3 is 4.98 Å². The fraction of sp³-hybridized carbons (Fsp3) is 0.250. The van der Waals surface area contributed by atoms with Gasteiger partial charge in [0.2, 0.25) is 0 Å². The number of hydrogen-bond acceptors (Lipinski definition) is 2. The van der Waals surface area contributed by atoms with Gasteiger partial charge in [0.05, 0.1) is 11.0 Å². The largest absolute Gasteiger partial charge is 0.332 e. The molecule has 0 unspecified atom stereocenters. The van der Waals surface area contributed by atoms with Crippen LogP contribution in [-0.2, 0) is 5.41 Å². The van der Waals surface area contributed by atoms with Crippen LogP contribution in [0.25, 0.3) is 16.9 Å². The first-order valence-corrected chi connectivity index (χ1v) is 6.63. The fourth-order valence-corrected chi connectivity index (χ4v) is 2.24. The number of rotatable bonds is 1. The van der Waals surface area contributed by atoms with Gasteiger partial charge >= 0.3 is 5.69 Å². The van der Waals surface area contributed by atoms with E-state index in [1.807, 2.05) is 42.6 Å². The lowest BCUT2D eigenvalue weighted by atomic mass is 9.88. The molecule has 20 heavy (non-hydrogen) atoms. The molecule has 2 aromatic heterocycles. The highest BCUT2D eigenvalue weighted by atomic mass is 16.1. The van der Waals surface area contributed by atoms with E-state index in [4.69, 9.17) is 0 Å². The van der Waals surface area contributed by atoms with Gasteiger partial charge in [0.1, 0.15) is 5.82 Å². The van der Waals surface area contributed by atoms with Gasteiger partial charge in [0, 0.05) is 6.20 Å². The topological polar surface area (TPSA) is 50.7 Å². The lowest BCUT2D eigenvalue weighted by Gasteiger charge is -2.18. The molecule has 0 spiro atoms. The van der Waals surface area contributed by atoms with Crippen molar-refractivity contribution in [1.82, 2.24) is 14.5 Å². The highest BCUT2D eigenvalue weighted by Crippen LogP contribution is 2.22. The first-order valence-electron chi connectivity index (χ1n) is 6.63. The Morgan fingerprint density at radius 1 is 1.10 bits per heavy atom. The van der Waals surface area contributed by atoms with E-state index < -0.39 is 0 Å². The molecular weight excluding hydrogens is 250 g/mol. The fourth-order valence-electron chi connectivity index (χ4n) is 2.24. The average Bonchev–Trinajstić information content (AvgIpc) is 2.73. The van der Waals surface area contributed by atoms with Crippen molar-refractivity contribution in [1.29, 1.82) is 0 Å². The van der Waals surface area contributed by atoms with Gasteiger partial charge in [-0.25, -0.2) is 14.3 Å². The Hall–Kier alpha value is -2.36. The average molecular weight is 267 g/mol. The number of H-pyrrole nitrogens is 1. The Balaban J connectivity index is 2.17. The summed E-state index contributed by atoms with van der Waals surface area (Å²) in [7, 11) is 0. The number of fused-ring (bicyclic) bond motifs is 1. The smallest absolute Gasteiger partial charge is 0.305 e. The Kier molecular flexibility index (Phi) is 2.74. The predicted octanol–water partition coefficient (Wildman–Crippen LogP) is 3.01. The summed E-state index contributed by atoms with van der Waals surface area (Å²) in [5.74, 6) is 0.639. The van der Waals surface area contributed by atoms with Crippen molar-refractivity contribution in [3.05, 3.63) is 58.6 Å². The third-order valence-corrected chi connectivity index (χ3v) is 3.43. The number of nitrogens with one attached hydrogen (secondary N) is 1. The molecule has 3 aromatic rings. The molecule has 0 aliphatic carbocycles. The van der Waals surface area contributed by atoms with E-state index in [0.29, 0.717) is 5.82 Å². The second-order valence-corrected chi connectivity index (χ2v) is 5.94. The van der Waals surface area contributed by atoms with E-state index in [0.717, 1.165) is 16.6 Å². The number of aromatic amines is 1. The predicted molar refractivity (Wildman–Crippen MR) is 80.4 cm³/mol. The minimum Gasteiger partial charge on any atom is -0.305 e. The summed E-state index contributed by atoms with van der Waals surface area (Å²) >= 11 is 0. The molecule has 0 amide bonds. The molecule has 0 aliphatic rings. The van der Waals surface area contributed by atoms with Crippen LogP contribution in [0.15, 0.2) is 47.4 Å². The number of aromatic nitrogens is 3. The molecule has 0 aliphatic heterocycles. The molecule has 0 saturated carbocycles. The minimum absolute atomic E-state index is 0.0523. The normalized spacial score (nSPS) is 11.9. The Labute approximate surface area is 117 Å². The van der Waals surface area contributed by atoms with Gasteiger partial charge in [-0.2, -0.15) is 0 Å². The van der Waals surface area contributed by atoms with Crippen LogP contribution in [0, 0.1) is 0 Å². The maximum absolute atomic E-state index is 12.1. The zero-order chi connectivity index (χ0) is 14.3.